The third kappa shape index (κ3) is 32.8. The molecule has 0 unspecified atom stereocenters. The van der Waals surface area contributed by atoms with E-state index in [4.69, 9.17) is 34.4 Å². The van der Waals surface area contributed by atoms with Crippen molar-refractivity contribution in [3.8, 4) is 11.5 Å². The van der Waals surface area contributed by atoms with Crippen LogP contribution in [0.15, 0.2) is 58.5 Å². The number of hydrogen-bond donors (Lipinski definition) is 21. The van der Waals surface area contributed by atoms with Crippen LogP contribution in [0.25, 0.3) is 0 Å². The maximum absolute atomic E-state index is 15.1. The van der Waals surface area contributed by atoms with Crippen LogP contribution in [0, 0.1) is 17.8 Å². The molecule has 27 N–H and O–H groups in total. The highest BCUT2D eigenvalue weighted by molar-refractivity contribution is 6.01. The first kappa shape index (κ1) is 97.6. The van der Waals surface area contributed by atoms with Crippen LogP contribution in [-0.2, 0) is 89.6 Å². The highest BCUT2D eigenvalue weighted by atomic mass is 16.4. The number of likely N-dealkylation sites (tertiary alicyclic amines) is 2. The number of carbonyl (C=O) groups is 16. The molecule has 14 atom stereocenters. The summed E-state index contributed by atoms with van der Waals surface area (Å²) in [6.45, 7) is 10.5. The third-order valence-corrected chi connectivity index (χ3v) is 20.5. The first-order valence-corrected chi connectivity index (χ1v) is 40.3. The van der Waals surface area contributed by atoms with E-state index in [0.29, 0.717) is 24.0 Å². The zero-order valence-electron chi connectivity index (χ0n) is 68.3. The maximum Gasteiger partial charge on any atom is 0.326 e. The number of unbranched alkanes of at least 4 members (excludes halogenated alkanes) is 1. The number of nitrogens with two attached hydrogens (primary N) is 6. The van der Waals surface area contributed by atoms with Crippen molar-refractivity contribution in [3.63, 3.8) is 0 Å². The molecular weight excluding hydrogens is 1550 g/mol. The Morgan fingerprint density at radius 2 is 0.882 bits per heavy atom. The van der Waals surface area contributed by atoms with Gasteiger partial charge in [0, 0.05) is 51.9 Å². The molecule has 0 spiro atoms. The number of nitrogens with one attached hydrogen (secondary N) is 11. The first-order chi connectivity index (χ1) is 56.3. The van der Waals surface area contributed by atoms with E-state index in [1.807, 2.05) is 0 Å². The van der Waals surface area contributed by atoms with Gasteiger partial charge in [0.15, 0.2) is 11.9 Å². The molecule has 3 fully saturated rings. The number of aliphatic imine (C=N–C) groups is 2. The number of nitrogens with zero attached hydrogens (tertiary/aromatic N) is 4. The normalized spacial score (nSPS) is 17.8. The number of benzene rings is 2. The van der Waals surface area contributed by atoms with Gasteiger partial charge in [-0.3, -0.25) is 81.9 Å². The maximum atomic E-state index is 15.1. The Labute approximate surface area is 690 Å². The number of rotatable bonds is 50. The van der Waals surface area contributed by atoms with Gasteiger partial charge in [-0.15, -0.1) is 0 Å². The van der Waals surface area contributed by atoms with Gasteiger partial charge < -0.3 is 123 Å². The summed E-state index contributed by atoms with van der Waals surface area (Å²) < 4.78 is 0. The van der Waals surface area contributed by atoms with Gasteiger partial charge in [0.05, 0.1) is 6.42 Å². The molecule has 2 aromatic carbocycles. The number of carboxylic acid groups (broad SMARTS) is 2. The van der Waals surface area contributed by atoms with Gasteiger partial charge in [-0.2, -0.15) is 0 Å². The number of amides is 14. The van der Waals surface area contributed by atoms with Gasteiger partial charge in [0.25, 0.3) is 0 Å². The molecule has 3 aliphatic rings. The molecule has 5 rings (SSSR count). The Morgan fingerprint density at radius 1 is 0.479 bits per heavy atom. The molecule has 0 radical (unpaired) electrons. The fourth-order valence-corrected chi connectivity index (χ4v) is 14.0. The second-order valence-electron chi connectivity index (χ2n) is 31.1. The number of guanidine groups is 2. The van der Waals surface area contributed by atoms with Crippen LogP contribution in [0.1, 0.15) is 175 Å². The Balaban J connectivity index is 1.41. The minimum atomic E-state index is -1.93. The van der Waals surface area contributed by atoms with Crippen molar-refractivity contribution in [3.05, 3.63) is 59.7 Å². The number of phenols is 2. The largest absolute Gasteiger partial charge is 0.508 e. The summed E-state index contributed by atoms with van der Waals surface area (Å²) in [5.41, 5.74) is 34.9. The number of hydrogen-bond acceptors (Lipinski definition) is 21. The lowest BCUT2D eigenvalue weighted by Crippen LogP contribution is -2.61. The van der Waals surface area contributed by atoms with Crippen LogP contribution in [0.5, 0.6) is 11.5 Å². The molecule has 658 valence electrons. The quantitative estimate of drug-likeness (QED) is 0.0172. The number of carbonyl (C=O) groups excluding carboxylic acids is 14. The van der Waals surface area contributed by atoms with E-state index in [9.17, 15) is 87.5 Å². The fraction of sp³-hybridized carbons (Fsp3) is 0.615. The molecule has 3 heterocycles. The second kappa shape index (κ2) is 48.7. The van der Waals surface area contributed by atoms with Gasteiger partial charge in [-0.05, 0) is 156 Å². The standard InChI is InChI=1S/C78H121N21O20/c1-7-43(6)63(73(115)96-57(76(118)119)37-42(4)5)97-70(112)55(39-45-21-25-47(101)26-22-45)95-72(114)59-18-13-35-99(59)75(117)52(16-11-33-86-78(83)84)90-64(106)48(15-10-32-85-77(81)82)89-71(113)58-17-12-34-98(58)74(116)51(14-8-9-31-79)91-69(111)56(40-60(80)102)94-66(108)50(28-30-62(104)105)88-68(110)54(38-44-19-23-46(100)24-20-44)93-67(109)53(36-41(2)3)92-65(107)49-27-29-61(103)87-49/h19-26,41-43,48-59,63,100-101H,7-18,27-40,79H2,1-6H3,(H2,80,102)(H,87,103)(H,88,110)(H,89,113)(H,90,106)(H,91,111)(H,92,107)(H,93,109)(H,94,108)(H,95,114)(H,96,115)(H,97,112)(H,104,105)(H,118,119)(H4,81,82,85)(H4,83,84,86)/t43-,48-,49-,50-,51-,52-,53-,54-,55-,56-,57-,58+,59-,63-/m0/s1. The Kier molecular flexibility index (Phi) is 39.9. The topological polar surface area (TPSA) is 674 Å². The number of phenolic OH excluding ortho intramolecular Hbond substituents is 2. The minimum absolute atomic E-state index is 0.00423. The summed E-state index contributed by atoms with van der Waals surface area (Å²) in [6.07, 6.45) is -1.46. The predicted molar refractivity (Wildman–Crippen MR) is 433 cm³/mol. The van der Waals surface area contributed by atoms with Crippen molar-refractivity contribution >= 4 is 107 Å². The van der Waals surface area contributed by atoms with Crippen molar-refractivity contribution in [2.24, 2.45) is 62.1 Å². The number of primary amides is 1. The molecule has 14 amide bonds. The molecule has 0 aliphatic carbocycles. The van der Waals surface area contributed by atoms with Crippen LogP contribution in [-0.4, -0.2) is 248 Å². The summed E-state index contributed by atoms with van der Waals surface area (Å²) in [4.78, 5) is 234. The predicted octanol–water partition coefficient (Wildman–Crippen LogP) is -3.81. The Hall–Kier alpha value is -11.9. The van der Waals surface area contributed by atoms with Gasteiger partial charge in [0.1, 0.15) is 90.0 Å². The van der Waals surface area contributed by atoms with Crippen LogP contribution in [0.4, 0.5) is 0 Å². The van der Waals surface area contributed by atoms with Crippen molar-refractivity contribution in [2.75, 3.05) is 32.7 Å². The minimum Gasteiger partial charge on any atom is -0.508 e. The lowest BCUT2D eigenvalue weighted by molar-refractivity contribution is -0.144. The highest BCUT2D eigenvalue weighted by Crippen LogP contribution is 2.25. The van der Waals surface area contributed by atoms with Crippen molar-refractivity contribution < 1.29 is 97.1 Å². The van der Waals surface area contributed by atoms with Crippen LogP contribution < -0.4 is 92.9 Å². The summed E-state index contributed by atoms with van der Waals surface area (Å²) in [5, 5.41) is 68.7. The van der Waals surface area contributed by atoms with E-state index in [2.05, 4.69) is 68.5 Å². The Morgan fingerprint density at radius 3 is 1.34 bits per heavy atom. The van der Waals surface area contributed by atoms with E-state index in [1.165, 1.54) is 53.4 Å². The summed E-state index contributed by atoms with van der Waals surface area (Å²) >= 11 is 0. The highest BCUT2D eigenvalue weighted by Gasteiger charge is 2.44. The SMILES string of the molecule is CC[C@H](C)[C@H](NC(=O)[C@H](Cc1ccc(O)cc1)NC(=O)[C@@H]1CCCN1C(=O)[C@H](CCCN=C(N)N)NC(=O)[C@H](CCCN=C(N)N)NC(=O)[C@H]1CCCN1C(=O)[C@H](CCCCN)NC(=O)[C@H](CC(N)=O)NC(=O)[C@H](CCC(=O)O)NC(=O)[C@H](Cc1ccc(O)cc1)NC(=O)[C@H](CC(C)C)NC(=O)[C@@H]1CCC(=O)N1)C(=O)N[C@@H](CC(C)C)C(=O)O. The van der Waals surface area contributed by atoms with Gasteiger partial charge >= 0.3 is 11.9 Å². The van der Waals surface area contributed by atoms with Gasteiger partial charge in [-0.1, -0.05) is 72.2 Å². The monoisotopic (exact) mass is 1670 g/mol. The summed E-state index contributed by atoms with van der Waals surface area (Å²) in [6, 6.07) is -7.40. The second-order valence-corrected chi connectivity index (χ2v) is 31.1. The average Bonchev–Trinajstić information content (AvgIpc) is 1.76. The molecule has 0 bridgehead atoms. The molecule has 41 nitrogen and oxygen atoms in total. The van der Waals surface area contributed by atoms with Crippen LogP contribution in [0.3, 0.4) is 0 Å². The number of carboxylic acids is 2. The molecule has 3 aliphatic heterocycles. The van der Waals surface area contributed by atoms with E-state index in [-0.39, 0.29) is 177 Å². The lowest BCUT2D eigenvalue weighted by Gasteiger charge is -2.32. The molecular formula is C78H121N21O20. The van der Waals surface area contributed by atoms with Crippen molar-refractivity contribution in [1.29, 1.82) is 0 Å². The zero-order valence-corrected chi connectivity index (χ0v) is 68.3. The molecule has 2 aromatic rings. The molecule has 41 heteroatoms. The van der Waals surface area contributed by atoms with Gasteiger partial charge in [-0.25, -0.2) is 4.79 Å². The third-order valence-electron chi connectivity index (χ3n) is 20.5. The molecule has 119 heavy (non-hydrogen) atoms. The van der Waals surface area contributed by atoms with Crippen LogP contribution in [0.2, 0.25) is 0 Å². The van der Waals surface area contributed by atoms with E-state index in [0.717, 1.165) is 4.90 Å². The van der Waals surface area contributed by atoms with Crippen molar-refractivity contribution in [1.82, 2.24) is 68.3 Å². The van der Waals surface area contributed by atoms with Crippen molar-refractivity contribution in [2.45, 2.75) is 255 Å². The Bertz CT molecular complexity index is 3910. The van der Waals surface area contributed by atoms with E-state index >= 15 is 9.59 Å². The van der Waals surface area contributed by atoms with Gasteiger partial charge in [0.2, 0.25) is 82.7 Å². The first-order valence-electron chi connectivity index (χ1n) is 40.3. The number of aliphatic carboxylic acids is 2. The van der Waals surface area contributed by atoms with E-state index < -0.39 is 192 Å². The molecule has 0 saturated carbocycles. The average molecular weight is 1670 g/mol. The number of aromatic hydroxyl groups is 2. The lowest BCUT2D eigenvalue weighted by atomic mass is 9.96. The van der Waals surface area contributed by atoms with E-state index in [1.54, 1.807) is 41.5 Å². The fourth-order valence-electron chi connectivity index (χ4n) is 14.0. The molecule has 0 aromatic heterocycles. The zero-order chi connectivity index (χ0) is 88.3. The smallest absolute Gasteiger partial charge is 0.326 e. The summed E-state index contributed by atoms with van der Waals surface area (Å²) in [7, 11) is 0. The summed E-state index contributed by atoms with van der Waals surface area (Å²) in [5.74, 6) is -16.7. The van der Waals surface area contributed by atoms with Crippen LogP contribution >= 0.6 is 0 Å². The molecule has 3 saturated heterocycles.